The van der Waals surface area contributed by atoms with Gasteiger partial charge in [-0.25, -0.2) is 15.4 Å². The molecule has 0 saturated carbocycles. The van der Waals surface area contributed by atoms with Crippen LogP contribution in [0.5, 0.6) is 5.75 Å². The van der Waals surface area contributed by atoms with Gasteiger partial charge >= 0.3 is 0 Å². The van der Waals surface area contributed by atoms with Gasteiger partial charge in [0.2, 0.25) is 0 Å². The molecule has 7 nitrogen and oxygen atoms in total. The van der Waals surface area contributed by atoms with E-state index in [4.69, 9.17) is 10.6 Å². The van der Waals surface area contributed by atoms with E-state index in [9.17, 15) is 0 Å². The van der Waals surface area contributed by atoms with Gasteiger partial charge in [-0.2, -0.15) is 5.10 Å². The molecule has 0 saturated heterocycles. The van der Waals surface area contributed by atoms with Crippen molar-refractivity contribution < 1.29 is 4.74 Å². The number of rotatable bonds is 4. The van der Waals surface area contributed by atoms with E-state index >= 15 is 0 Å². The van der Waals surface area contributed by atoms with E-state index in [2.05, 4.69) is 20.5 Å². The number of aryl methyl sites for hydroxylation is 1. The van der Waals surface area contributed by atoms with Crippen LogP contribution in [0.15, 0.2) is 24.7 Å². The molecule has 2 rings (SSSR count). The van der Waals surface area contributed by atoms with Gasteiger partial charge in [0, 0.05) is 19.4 Å². The van der Waals surface area contributed by atoms with Gasteiger partial charge in [-0.05, 0) is 6.07 Å². The summed E-state index contributed by atoms with van der Waals surface area (Å²) >= 11 is 0. The van der Waals surface area contributed by atoms with Crippen molar-refractivity contribution in [2.24, 2.45) is 12.9 Å². The summed E-state index contributed by atoms with van der Waals surface area (Å²) in [6.07, 6.45) is 4.95. The Morgan fingerprint density at radius 1 is 1.41 bits per heavy atom. The molecule has 2 aromatic heterocycles. The molecule has 0 spiro atoms. The monoisotopic (exact) mass is 234 g/mol. The highest BCUT2D eigenvalue weighted by molar-refractivity contribution is 5.31. The number of hydrazine groups is 1. The Kier molecular flexibility index (Phi) is 3.31. The molecule has 0 aliphatic heterocycles. The topological polar surface area (TPSA) is 90.9 Å². The number of nitrogens with zero attached hydrogens (tertiary/aromatic N) is 4. The van der Waals surface area contributed by atoms with Gasteiger partial charge in [0.25, 0.3) is 0 Å². The van der Waals surface area contributed by atoms with Crippen molar-refractivity contribution in [1.29, 1.82) is 0 Å². The normalized spacial score (nSPS) is 12.4. The quantitative estimate of drug-likeness (QED) is 0.561. The Balaban J connectivity index is 2.45. The average Bonchev–Trinajstić information content (AvgIpc) is 2.74. The summed E-state index contributed by atoms with van der Waals surface area (Å²) in [6, 6.07) is 1.39. The van der Waals surface area contributed by atoms with Crippen molar-refractivity contribution in [3.8, 4) is 5.75 Å². The minimum atomic E-state index is -0.362. The van der Waals surface area contributed by atoms with Crippen LogP contribution >= 0.6 is 0 Å². The molecule has 0 amide bonds. The van der Waals surface area contributed by atoms with E-state index in [1.54, 1.807) is 36.4 Å². The molecule has 0 aromatic carbocycles. The van der Waals surface area contributed by atoms with E-state index in [0.717, 1.165) is 5.69 Å². The molecule has 3 N–H and O–H groups in total. The van der Waals surface area contributed by atoms with Gasteiger partial charge in [-0.15, -0.1) is 0 Å². The maximum Gasteiger partial charge on any atom is 0.162 e. The number of ether oxygens (including phenoxy) is 1. The van der Waals surface area contributed by atoms with Gasteiger partial charge in [0.15, 0.2) is 11.6 Å². The van der Waals surface area contributed by atoms with Crippen molar-refractivity contribution in [2.75, 3.05) is 7.11 Å². The number of hydrogen-bond donors (Lipinski definition) is 2. The minimum Gasteiger partial charge on any atom is -0.493 e. The highest BCUT2D eigenvalue weighted by atomic mass is 16.5. The van der Waals surface area contributed by atoms with Crippen molar-refractivity contribution in [3.63, 3.8) is 0 Å². The second kappa shape index (κ2) is 4.89. The van der Waals surface area contributed by atoms with Crippen LogP contribution in [0.25, 0.3) is 0 Å². The summed E-state index contributed by atoms with van der Waals surface area (Å²) in [5, 5.41) is 4.12. The molecule has 0 radical (unpaired) electrons. The molecule has 90 valence electrons. The molecule has 2 heterocycles. The van der Waals surface area contributed by atoms with E-state index in [1.807, 2.05) is 7.05 Å². The zero-order valence-corrected chi connectivity index (χ0v) is 9.66. The van der Waals surface area contributed by atoms with E-state index in [1.165, 1.54) is 0 Å². The molecule has 2 aromatic rings. The number of methoxy groups -OCH3 is 1. The molecule has 1 unspecified atom stereocenters. The summed E-state index contributed by atoms with van der Waals surface area (Å²) in [5.74, 6) is 6.77. The van der Waals surface area contributed by atoms with E-state index in [-0.39, 0.29) is 6.04 Å². The number of nitrogens with two attached hydrogens (primary N) is 1. The zero-order valence-electron chi connectivity index (χ0n) is 9.66. The molecule has 7 heteroatoms. The zero-order chi connectivity index (χ0) is 12.3. The Hall–Kier alpha value is -1.99. The second-order valence-electron chi connectivity index (χ2n) is 3.43. The van der Waals surface area contributed by atoms with Crippen molar-refractivity contribution in [2.45, 2.75) is 6.04 Å². The third-order valence-corrected chi connectivity index (χ3v) is 2.45. The minimum absolute atomic E-state index is 0.362. The van der Waals surface area contributed by atoms with Crippen molar-refractivity contribution >= 4 is 0 Å². The maximum atomic E-state index is 5.56. The van der Waals surface area contributed by atoms with Crippen LogP contribution < -0.4 is 16.0 Å². The fourth-order valence-corrected chi connectivity index (χ4v) is 1.65. The van der Waals surface area contributed by atoms with Crippen molar-refractivity contribution in [1.82, 2.24) is 25.2 Å². The van der Waals surface area contributed by atoms with Gasteiger partial charge in [0.1, 0.15) is 11.7 Å². The van der Waals surface area contributed by atoms with E-state index in [0.29, 0.717) is 11.6 Å². The van der Waals surface area contributed by atoms with Crippen LogP contribution in [0.3, 0.4) is 0 Å². The molecule has 1 atom stereocenters. The van der Waals surface area contributed by atoms with Gasteiger partial charge in [-0.1, -0.05) is 0 Å². The first-order valence-corrected chi connectivity index (χ1v) is 5.07. The van der Waals surface area contributed by atoms with Gasteiger partial charge < -0.3 is 4.74 Å². The fraction of sp³-hybridized carbons (Fsp3) is 0.300. The average molecular weight is 234 g/mol. The second-order valence-corrected chi connectivity index (χ2v) is 3.43. The van der Waals surface area contributed by atoms with Gasteiger partial charge in [0.05, 0.1) is 13.3 Å². The number of hydrogen-bond acceptors (Lipinski definition) is 6. The van der Waals surface area contributed by atoms with Crippen LogP contribution in [0.4, 0.5) is 0 Å². The van der Waals surface area contributed by atoms with Crippen LogP contribution in [0.2, 0.25) is 0 Å². The Labute approximate surface area is 98.6 Å². The molecular weight excluding hydrogens is 220 g/mol. The summed E-state index contributed by atoms with van der Waals surface area (Å²) in [7, 11) is 3.39. The third kappa shape index (κ3) is 2.10. The predicted molar refractivity (Wildman–Crippen MR) is 61.0 cm³/mol. The molecule has 0 bridgehead atoms. The van der Waals surface area contributed by atoms with Crippen LogP contribution in [-0.2, 0) is 7.05 Å². The van der Waals surface area contributed by atoms with Gasteiger partial charge in [-0.3, -0.25) is 10.5 Å². The highest BCUT2D eigenvalue weighted by Crippen LogP contribution is 2.26. The first kappa shape index (κ1) is 11.5. The summed E-state index contributed by atoms with van der Waals surface area (Å²) in [5.41, 5.74) is 3.45. The predicted octanol–water partition coefficient (Wildman–Crippen LogP) is -0.229. The Morgan fingerprint density at radius 3 is 2.71 bits per heavy atom. The molecule has 0 fully saturated rings. The Bertz CT molecular complexity index is 483. The van der Waals surface area contributed by atoms with Crippen LogP contribution in [-0.4, -0.2) is 26.9 Å². The smallest absolute Gasteiger partial charge is 0.162 e. The number of aromatic nitrogens is 4. The fourth-order valence-electron chi connectivity index (χ4n) is 1.65. The summed E-state index contributed by atoms with van der Waals surface area (Å²) in [6.45, 7) is 0. The summed E-state index contributed by atoms with van der Waals surface area (Å²) < 4.78 is 6.92. The lowest BCUT2D eigenvalue weighted by Gasteiger charge is -2.15. The van der Waals surface area contributed by atoms with Crippen molar-refractivity contribution in [3.05, 3.63) is 36.2 Å². The lowest BCUT2D eigenvalue weighted by molar-refractivity contribution is 0.399. The standard InChI is InChI=1S/C10H14N6O/c1-16-9(7(17-2)6-14-16)8(15-11)10-12-4-3-5-13-10/h3-6,8,15H,11H2,1-2H3. The first-order valence-electron chi connectivity index (χ1n) is 5.07. The molecule has 0 aliphatic rings. The largest absolute Gasteiger partial charge is 0.493 e. The van der Waals surface area contributed by atoms with Crippen LogP contribution in [0.1, 0.15) is 17.6 Å². The SMILES string of the molecule is COc1cnn(C)c1C(NN)c1ncccn1. The molecule has 17 heavy (non-hydrogen) atoms. The maximum absolute atomic E-state index is 5.56. The van der Waals surface area contributed by atoms with E-state index < -0.39 is 0 Å². The Morgan fingerprint density at radius 2 is 2.12 bits per heavy atom. The molecule has 0 aliphatic carbocycles. The molecular formula is C10H14N6O. The lowest BCUT2D eigenvalue weighted by atomic mass is 10.2. The number of nitrogens with one attached hydrogen (secondary N) is 1. The van der Waals surface area contributed by atoms with Crippen LogP contribution in [0, 0.1) is 0 Å². The summed E-state index contributed by atoms with van der Waals surface area (Å²) in [4.78, 5) is 8.34. The first-order chi connectivity index (χ1) is 8.27. The lowest BCUT2D eigenvalue weighted by Crippen LogP contribution is -2.32. The third-order valence-electron chi connectivity index (χ3n) is 2.45. The highest BCUT2D eigenvalue weighted by Gasteiger charge is 2.23.